The molecule has 1 fully saturated rings. The summed E-state index contributed by atoms with van der Waals surface area (Å²) in [6.45, 7) is 11.4. The number of amides is 1. The van der Waals surface area contributed by atoms with Gasteiger partial charge in [-0.25, -0.2) is 9.18 Å². The normalized spacial score (nSPS) is 20.6. The fourth-order valence-corrected chi connectivity index (χ4v) is 7.91. The fraction of sp³-hybridized carbons (Fsp3) is 0.303. The maximum atomic E-state index is 13.9. The third-order valence-electron chi connectivity index (χ3n) is 8.28. The Morgan fingerprint density at radius 3 is 2.39 bits per heavy atom. The molecule has 0 unspecified atom stereocenters. The predicted molar refractivity (Wildman–Crippen MR) is 164 cm³/mol. The number of thioether (sulfide) groups is 1. The van der Waals surface area contributed by atoms with Gasteiger partial charge in [-0.2, -0.15) is 4.98 Å². The Balaban J connectivity index is 1.56. The van der Waals surface area contributed by atoms with Crippen LogP contribution in [0.25, 0.3) is 22.0 Å². The van der Waals surface area contributed by atoms with Crippen LogP contribution in [0.3, 0.4) is 0 Å². The molecule has 8 heteroatoms. The molecule has 0 radical (unpaired) electrons. The molecule has 0 N–H and O–H groups in total. The number of rotatable bonds is 4. The lowest BCUT2D eigenvalue weighted by Crippen LogP contribution is -2.58. The van der Waals surface area contributed by atoms with E-state index < -0.39 is 0 Å². The molecule has 3 atom stereocenters. The lowest BCUT2D eigenvalue weighted by atomic mass is 9.97. The van der Waals surface area contributed by atoms with Crippen LogP contribution in [0, 0.1) is 12.7 Å². The van der Waals surface area contributed by atoms with Gasteiger partial charge in [0.15, 0.2) is 0 Å². The number of carbonyl (C=O) groups excluding carboxylic acids is 1. The summed E-state index contributed by atoms with van der Waals surface area (Å²) in [6, 6.07) is 18.9. The number of benzene rings is 3. The van der Waals surface area contributed by atoms with E-state index in [0.29, 0.717) is 25.5 Å². The van der Waals surface area contributed by atoms with Gasteiger partial charge in [0.05, 0.1) is 5.52 Å². The van der Waals surface area contributed by atoms with Gasteiger partial charge in [0, 0.05) is 59.2 Å². The first-order valence-electron chi connectivity index (χ1n) is 14.0. The van der Waals surface area contributed by atoms with Crippen LogP contribution in [-0.4, -0.2) is 51.3 Å². The van der Waals surface area contributed by atoms with Crippen molar-refractivity contribution in [3.05, 3.63) is 101 Å². The highest BCUT2D eigenvalue weighted by molar-refractivity contribution is 7.99. The summed E-state index contributed by atoms with van der Waals surface area (Å²) >= 11 is 1.75. The number of piperazine rings is 1. The Bertz CT molecular complexity index is 1690. The van der Waals surface area contributed by atoms with Crippen LogP contribution in [0.15, 0.2) is 83.0 Å². The maximum absolute atomic E-state index is 13.9. The highest BCUT2D eigenvalue weighted by atomic mass is 32.2. The van der Waals surface area contributed by atoms with Crippen molar-refractivity contribution < 1.29 is 9.18 Å². The van der Waals surface area contributed by atoms with Crippen LogP contribution in [0.1, 0.15) is 30.9 Å². The zero-order chi connectivity index (χ0) is 28.8. The van der Waals surface area contributed by atoms with Crippen molar-refractivity contribution in [2.75, 3.05) is 23.7 Å². The molecule has 0 bridgehead atoms. The number of carbonyl (C=O) groups is 1. The molecule has 1 saturated heterocycles. The van der Waals surface area contributed by atoms with Crippen LogP contribution in [-0.2, 0) is 11.3 Å². The Morgan fingerprint density at radius 1 is 1.05 bits per heavy atom. The van der Waals surface area contributed by atoms with Gasteiger partial charge in [-0.1, -0.05) is 49.0 Å². The molecule has 1 amide bonds. The second kappa shape index (κ2) is 10.8. The zero-order valence-electron chi connectivity index (χ0n) is 23.5. The minimum atomic E-state index is -0.282. The van der Waals surface area contributed by atoms with Crippen molar-refractivity contribution in [1.82, 2.24) is 14.5 Å². The molecule has 4 aromatic rings. The zero-order valence-corrected chi connectivity index (χ0v) is 24.3. The summed E-state index contributed by atoms with van der Waals surface area (Å²) in [5, 5.41) is 0.923. The van der Waals surface area contributed by atoms with Crippen molar-refractivity contribution >= 4 is 34.4 Å². The first kappa shape index (κ1) is 27.3. The first-order chi connectivity index (χ1) is 19.8. The van der Waals surface area contributed by atoms with Gasteiger partial charge in [-0.05, 0) is 61.7 Å². The minimum absolute atomic E-state index is 0.0740. The van der Waals surface area contributed by atoms with Crippen molar-refractivity contribution in [1.29, 1.82) is 0 Å². The first-order valence-corrected chi connectivity index (χ1v) is 15.0. The van der Waals surface area contributed by atoms with E-state index in [-0.39, 0.29) is 35.4 Å². The summed E-state index contributed by atoms with van der Waals surface area (Å²) in [6.07, 6.45) is 1.36. The number of hydrogen-bond donors (Lipinski definition) is 0. The standard InChI is InChI=1S/C33H33FN4O2S/c1-5-28(39)38-21(3)16-36(17-22(38)4)32-27-15-20(2)29(24-11-13-26(34)14-12-24)31-30(27)37(33(40)35-32)18-25(19-41-31)23-9-7-6-8-10-23/h5-15,21-22,25H,1,16-19H2,2-4H3/t21-,22+,25-/m1/s1. The summed E-state index contributed by atoms with van der Waals surface area (Å²) in [5.41, 5.74) is 4.75. The lowest BCUT2D eigenvalue weighted by Gasteiger charge is -2.44. The van der Waals surface area contributed by atoms with Gasteiger partial charge in [0.2, 0.25) is 5.91 Å². The van der Waals surface area contributed by atoms with Crippen LogP contribution in [0.2, 0.25) is 0 Å². The van der Waals surface area contributed by atoms with Crippen molar-refractivity contribution in [3.63, 3.8) is 0 Å². The second-order valence-electron chi connectivity index (χ2n) is 11.1. The van der Waals surface area contributed by atoms with Crippen molar-refractivity contribution in [3.8, 4) is 11.1 Å². The van der Waals surface area contributed by atoms with E-state index in [2.05, 4.69) is 36.6 Å². The quantitative estimate of drug-likeness (QED) is 0.282. The molecule has 6 nitrogen and oxygen atoms in total. The van der Waals surface area contributed by atoms with Crippen molar-refractivity contribution in [2.24, 2.45) is 0 Å². The van der Waals surface area contributed by atoms with Gasteiger partial charge >= 0.3 is 5.69 Å². The second-order valence-corrected chi connectivity index (χ2v) is 12.1. The summed E-state index contributed by atoms with van der Waals surface area (Å²) in [7, 11) is 0. The van der Waals surface area contributed by atoms with E-state index in [1.807, 2.05) is 53.6 Å². The smallest absolute Gasteiger partial charge is 0.350 e. The summed E-state index contributed by atoms with van der Waals surface area (Å²) in [4.78, 5) is 36.2. The average Bonchev–Trinajstić information content (AvgIpc) is 3.17. The summed E-state index contributed by atoms with van der Waals surface area (Å²) < 4.78 is 15.7. The largest absolute Gasteiger partial charge is 0.352 e. The SMILES string of the molecule is C=CC(=O)N1[C@H](C)CN(c2nc(=O)n3c4c(c(-c5ccc(F)cc5)c(C)cc24)SC[C@H](c2ccccc2)C3)C[C@@H]1C. The molecule has 2 aliphatic heterocycles. The number of aromatic nitrogens is 2. The Kier molecular flexibility index (Phi) is 7.20. The molecule has 3 heterocycles. The van der Waals surface area contributed by atoms with Gasteiger partial charge in [-0.3, -0.25) is 9.36 Å². The lowest BCUT2D eigenvalue weighted by molar-refractivity contribution is -0.130. The van der Waals surface area contributed by atoms with Crippen LogP contribution in [0.5, 0.6) is 0 Å². The summed E-state index contributed by atoms with van der Waals surface area (Å²) in [5.74, 6) is 1.20. The molecule has 41 heavy (non-hydrogen) atoms. The van der Waals surface area contributed by atoms with E-state index in [4.69, 9.17) is 4.98 Å². The molecule has 210 valence electrons. The van der Waals surface area contributed by atoms with Gasteiger partial charge in [0.25, 0.3) is 0 Å². The van der Waals surface area contributed by atoms with E-state index in [9.17, 15) is 14.0 Å². The number of hydrogen-bond acceptors (Lipinski definition) is 5. The highest BCUT2D eigenvalue weighted by Gasteiger charge is 2.34. The average molecular weight is 569 g/mol. The molecular formula is C33H33FN4O2S. The highest BCUT2D eigenvalue weighted by Crippen LogP contribution is 2.45. The van der Waals surface area contributed by atoms with Gasteiger partial charge in [-0.15, -0.1) is 11.8 Å². The minimum Gasteiger partial charge on any atom is -0.352 e. The van der Waals surface area contributed by atoms with Crippen LogP contribution in [0.4, 0.5) is 10.2 Å². The monoisotopic (exact) mass is 568 g/mol. The predicted octanol–water partition coefficient (Wildman–Crippen LogP) is 6.01. The third kappa shape index (κ3) is 4.84. The van der Waals surface area contributed by atoms with Crippen molar-refractivity contribution in [2.45, 2.75) is 50.2 Å². The number of aryl methyl sites for hydroxylation is 1. The fourth-order valence-electron chi connectivity index (χ4n) is 6.47. The maximum Gasteiger partial charge on any atom is 0.350 e. The molecule has 0 saturated carbocycles. The number of anilines is 1. The van der Waals surface area contributed by atoms with Crippen LogP contribution >= 0.6 is 11.8 Å². The molecule has 2 aliphatic rings. The van der Waals surface area contributed by atoms with E-state index in [1.54, 1.807) is 11.8 Å². The number of nitrogens with zero attached hydrogens (tertiary/aromatic N) is 4. The Hall–Kier alpha value is -3.91. The van der Waals surface area contributed by atoms with Crippen LogP contribution < -0.4 is 10.6 Å². The molecule has 3 aromatic carbocycles. The third-order valence-corrected chi connectivity index (χ3v) is 9.53. The van der Waals surface area contributed by atoms with E-state index in [1.165, 1.54) is 23.8 Å². The molecule has 0 aliphatic carbocycles. The van der Waals surface area contributed by atoms with E-state index in [0.717, 1.165) is 38.2 Å². The molecular weight excluding hydrogens is 535 g/mol. The molecule has 1 aromatic heterocycles. The topological polar surface area (TPSA) is 58.4 Å². The van der Waals surface area contributed by atoms with E-state index >= 15 is 0 Å². The Labute approximate surface area is 243 Å². The number of halogens is 1. The molecule has 6 rings (SSSR count). The van der Waals surface area contributed by atoms with Gasteiger partial charge in [0.1, 0.15) is 11.6 Å². The molecule has 0 spiro atoms. The Morgan fingerprint density at radius 2 is 1.73 bits per heavy atom. The van der Waals surface area contributed by atoms with Gasteiger partial charge < -0.3 is 9.80 Å².